The summed E-state index contributed by atoms with van der Waals surface area (Å²) in [6.45, 7) is 6.36. The number of carbonyl (C=O) groups excluding carboxylic acids is 1. The third kappa shape index (κ3) is 3.12. The minimum atomic E-state index is -0.308. The summed E-state index contributed by atoms with van der Waals surface area (Å²) >= 11 is 0. The van der Waals surface area contributed by atoms with Crippen molar-refractivity contribution < 1.29 is 9.90 Å². The van der Waals surface area contributed by atoms with Crippen LogP contribution >= 0.6 is 12.4 Å². The van der Waals surface area contributed by atoms with Crippen LogP contribution in [0.3, 0.4) is 0 Å². The van der Waals surface area contributed by atoms with Gasteiger partial charge < -0.3 is 15.7 Å². The zero-order valence-electron chi connectivity index (χ0n) is 10.5. The van der Waals surface area contributed by atoms with Gasteiger partial charge in [0, 0.05) is 31.5 Å². The van der Waals surface area contributed by atoms with Gasteiger partial charge in [-0.05, 0) is 18.3 Å². The van der Waals surface area contributed by atoms with Crippen LogP contribution in [-0.4, -0.2) is 36.8 Å². The van der Waals surface area contributed by atoms with Crippen LogP contribution in [-0.2, 0) is 4.79 Å². The summed E-state index contributed by atoms with van der Waals surface area (Å²) in [5.74, 6) is 0.544. The molecule has 4 nitrogen and oxygen atoms in total. The molecule has 0 aromatic heterocycles. The van der Waals surface area contributed by atoms with Crippen LogP contribution in [0, 0.1) is 17.3 Å². The highest BCUT2D eigenvalue weighted by atomic mass is 35.5. The van der Waals surface area contributed by atoms with Crippen LogP contribution < -0.4 is 10.6 Å². The molecule has 2 rings (SSSR count). The molecule has 1 aliphatic heterocycles. The molecule has 2 aliphatic rings. The molecule has 17 heavy (non-hydrogen) atoms. The Morgan fingerprint density at radius 3 is 2.71 bits per heavy atom. The van der Waals surface area contributed by atoms with Gasteiger partial charge in [0.1, 0.15) is 0 Å². The Labute approximate surface area is 109 Å². The molecule has 2 fully saturated rings. The van der Waals surface area contributed by atoms with Gasteiger partial charge in [-0.15, -0.1) is 12.4 Å². The average molecular weight is 263 g/mol. The van der Waals surface area contributed by atoms with E-state index < -0.39 is 0 Å². The normalized spacial score (nSPS) is 39.6. The number of amides is 1. The number of rotatable bonds is 4. The highest BCUT2D eigenvalue weighted by Gasteiger charge is 2.52. The highest BCUT2D eigenvalue weighted by molar-refractivity contribution is 5.85. The lowest BCUT2D eigenvalue weighted by Gasteiger charge is -2.15. The van der Waals surface area contributed by atoms with E-state index in [1.54, 1.807) is 0 Å². The van der Waals surface area contributed by atoms with Gasteiger partial charge in [0.25, 0.3) is 0 Å². The standard InChI is InChI=1S/C12H22N2O2.ClH/c1-3-12(2)4-9(12)11(16)14-6-8-5-13-7-10(8)15;/h8-10,13,15H,3-7H2,1-2H3,(H,14,16);1H. The molecule has 0 radical (unpaired) electrons. The molecule has 4 unspecified atom stereocenters. The third-order valence-electron chi connectivity index (χ3n) is 4.32. The first-order valence-corrected chi connectivity index (χ1v) is 6.23. The molecule has 0 aromatic carbocycles. The van der Waals surface area contributed by atoms with E-state index >= 15 is 0 Å². The fourth-order valence-corrected chi connectivity index (χ4v) is 2.49. The number of aliphatic hydroxyl groups excluding tert-OH is 1. The number of hydrogen-bond acceptors (Lipinski definition) is 3. The maximum Gasteiger partial charge on any atom is 0.223 e. The molecule has 1 amide bonds. The minimum Gasteiger partial charge on any atom is -0.391 e. The Bertz CT molecular complexity index is 288. The predicted molar refractivity (Wildman–Crippen MR) is 69.1 cm³/mol. The smallest absolute Gasteiger partial charge is 0.223 e. The van der Waals surface area contributed by atoms with Crippen molar-refractivity contribution in [3.8, 4) is 0 Å². The Morgan fingerprint density at radius 2 is 2.24 bits per heavy atom. The van der Waals surface area contributed by atoms with Gasteiger partial charge in [-0.25, -0.2) is 0 Å². The molecule has 0 aromatic rings. The molecule has 1 heterocycles. The fraction of sp³-hybridized carbons (Fsp3) is 0.917. The second-order valence-corrected chi connectivity index (χ2v) is 5.50. The van der Waals surface area contributed by atoms with E-state index in [0.29, 0.717) is 13.1 Å². The molecule has 1 saturated carbocycles. The predicted octanol–water partition coefficient (Wildman–Crippen LogP) is 0.541. The number of carbonyl (C=O) groups is 1. The monoisotopic (exact) mass is 262 g/mol. The summed E-state index contributed by atoms with van der Waals surface area (Å²) in [6.07, 6.45) is 1.77. The first-order valence-electron chi connectivity index (χ1n) is 6.23. The van der Waals surface area contributed by atoms with E-state index in [2.05, 4.69) is 24.5 Å². The summed E-state index contributed by atoms with van der Waals surface area (Å²) in [6, 6.07) is 0. The highest BCUT2D eigenvalue weighted by Crippen LogP contribution is 2.54. The quantitative estimate of drug-likeness (QED) is 0.693. The van der Waals surface area contributed by atoms with Gasteiger partial charge in [0.15, 0.2) is 0 Å². The van der Waals surface area contributed by atoms with Gasteiger partial charge in [0.05, 0.1) is 6.10 Å². The first kappa shape index (κ1) is 14.7. The van der Waals surface area contributed by atoms with Crippen molar-refractivity contribution >= 4 is 18.3 Å². The van der Waals surface area contributed by atoms with Crippen LogP contribution in [0.4, 0.5) is 0 Å². The summed E-state index contributed by atoms with van der Waals surface area (Å²) in [5, 5.41) is 15.7. The molecule has 100 valence electrons. The van der Waals surface area contributed by atoms with Gasteiger partial charge >= 0.3 is 0 Å². The minimum absolute atomic E-state index is 0. The number of hydrogen-bond donors (Lipinski definition) is 3. The van der Waals surface area contributed by atoms with Gasteiger partial charge in [-0.1, -0.05) is 13.8 Å². The first-order chi connectivity index (χ1) is 7.57. The zero-order chi connectivity index (χ0) is 11.8. The van der Waals surface area contributed by atoms with E-state index in [0.717, 1.165) is 19.4 Å². The maximum absolute atomic E-state index is 11.8. The Morgan fingerprint density at radius 1 is 1.53 bits per heavy atom. The van der Waals surface area contributed by atoms with Crippen molar-refractivity contribution in [3.05, 3.63) is 0 Å². The van der Waals surface area contributed by atoms with Gasteiger partial charge in [-0.2, -0.15) is 0 Å². The molecule has 1 saturated heterocycles. The lowest BCUT2D eigenvalue weighted by molar-refractivity contribution is -0.123. The summed E-state index contributed by atoms with van der Waals surface area (Å²) in [7, 11) is 0. The van der Waals surface area contributed by atoms with Crippen molar-refractivity contribution in [1.82, 2.24) is 10.6 Å². The molecule has 3 N–H and O–H groups in total. The SMILES string of the molecule is CCC1(C)CC1C(=O)NCC1CNCC1O.Cl. The van der Waals surface area contributed by atoms with E-state index in [1.807, 2.05) is 0 Å². The Balaban J connectivity index is 0.00000144. The number of aliphatic hydroxyl groups is 1. The molecule has 0 bridgehead atoms. The van der Waals surface area contributed by atoms with Crippen LogP contribution in [0.25, 0.3) is 0 Å². The molecular formula is C12H23ClN2O2. The lowest BCUT2D eigenvalue weighted by Crippen LogP contribution is -2.35. The lowest BCUT2D eigenvalue weighted by atomic mass is 10.0. The van der Waals surface area contributed by atoms with E-state index in [9.17, 15) is 9.90 Å². The maximum atomic E-state index is 11.8. The van der Waals surface area contributed by atoms with Crippen molar-refractivity contribution in [2.45, 2.75) is 32.8 Å². The van der Waals surface area contributed by atoms with Gasteiger partial charge in [-0.3, -0.25) is 4.79 Å². The molecule has 0 spiro atoms. The van der Waals surface area contributed by atoms with E-state index in [4.69, 9.17) is 0 Å². The largest absolute Gasteiger partial charge is 0.391 e. The number of halogens is 1. The van der Waals surface area contributed by atoms with Crippen LogP contribution in [0.15, 0.2) is 0 Å². The summed E-state index contributed by atoms with van der Waals surface area (Å²) < 4.78 is 0. The number of β-amino-alcohol motifs (C(OH)–C–C–N with tert-alkyl or cyclic N) is 1. The van der Waals surface area contributed by atoms with Crippen LogP contribution in [0.2, 0.25) is 0 Å². The molecule has 5 heteroatoms. The summed E-state index contributed by atoms with van der Waals surface area (Å²) in [5.41, 5.74) is 0.233. The van der Waals surface area contributed by atoms with Crippen LogP contribution in [0.1, 0.15) is 26.7 Å². The third-order valence-corrected chi connectivity index (χ3v) is 4.32. The number of nitrogens with one attached hydrogen (secondary N) is 2. The van der Waals surface area contributed by atoms with Crippen molar-refractivity contribution in [2.75, 3.05) is 19.6 Å². The Hall–Kier alpha value is -0.320. The molecule has 4 atom stereocenters. The van der Waals surface area contributed by atoms with Crippen LogP contribution in [0.5, 0.6) is 0 Å². The fourth-order valence-electron chi connectivity index (χ4n) is 2.49. The topological polar surface area (TPSA) is 61.4 Å². The van der Waals surface area contributed by atoms with Crippen molar-refractivity contribution in [3.63, 3.8) is 0 Å². The second-order valence-electron chi connectivity index (χ2n) is 5.50. The van der Waals surface area contributed by atoms with Crippen molar-refractivity contribution in [1.29, 1.82) is 0 Å². The van der Waals surface area contributed by atoms with E-state index in [1.165, 1.54) is 0 Å². The zero-order valence-corrected chi connectivity index (χ0v) is 11.3. The second kappa shape index (κ2) is 5.55. The molecule has 1 aliphatic carbocycles. The summed E-state index contributed by atoms with van der Waals surface area (Å²) in [4.78, 5) is 11.8. The van der Waals surface area contributed by atoms with E-state index in [-0.39, 0.29) is 41.7 Å². The average Bonchev–Trinajstić information content (AvgIpc) is 2.79. The van der Waals surface area contributed by atoms with Gasteiger partial charge in [0.2, 0.25) is 5.91 Å². The van der Waals surface area contributed by atoms with Crippen molar-refractivity contribution in [2.24, 2.45) is 17.3 Å². The Kier molecular flexibility index (Phi) is 4.81. The molecular weight excluding hydrogens is 240 g/mol.